The van der Waals surface area contributed by atoms with Gasteiger partial charge >= 0.3 is 0 Å². The molecule has 0 saturated heterocycles. The Labute approximate surface area is 111 Å². The summed E-state index contributed by atoms with van der Waals surface area (Å²) in [7, 11) is 0. The fourth-order valence-corrected chi connectivity index (χ4v) is 2.27. The number of hydrogen-bond donors (Lipinski definition) is 1. The normalized spacial score (nSPS) is 13.0. The van der Waals surface area contributed by atoms with Crippen LogP contribution in [-0.2, 0) is 0 Å². The largest absolute Gasteiger partial charge is 0.310 e. The molecular weight excluding hydrogens is 222 g/mol. The van der Waals surface area contributed by atoms with Gasteiger partial charge in [-0.3, -0.25) is 0 Å². The second-order valence-corrected chi connectivity index (χ2v) is 5.46. The first kappa shape index (κ1) is 15.1. The summed E-state index contributed by atoms with van der Waals surface area (Å²) in [5.74, 6) is 0.783. The highest BCUT2D eigenvalue weighted by Crippen LogP contribution is 2.23. The lowest BCUT2D eigenvalue weighted by atomic mass is 9.97. The molecule has 0 aliphatic heterocycles. The van der Waals surface area contributed by atoms with E-state index in [4.69, 9.17) is 0 Å². The third-order valence-corrected chi connectivity index (χ3v) is 3.24. The van der Waals surface area contributed by atoms with Crippen LogP contribution in [-0.4, -0.2) is 16.7 Å². The van der Waals surface area contributed by atoms with E-state index in [-0.39, 0.29) is 0 Å². The summed E-state index contributed by atoms with van der Waals surface area (Å²) < 4.78 is 0. The van der Waals surface area contributed by atoms with Crippen molar-refractivity contribution >= 4 is 0 Å². The molecule has 0 aliphatic carbocycles. The Hall–Kier alpha value is -0.960. The Bertz CT molecular complexity index is 361. The molecule has 0 saturated carbocycles. The first-order chi connectivity index (χ1) is 8.54. The molecule has 1 aromatic heterocycles. The zero-order chi connectivity index (χ0) is 13.5. The van der Waals surface area contributed by atoms with Crippen LogP contribution in [0.5, 0.6) is 0 Å². The number of rotatable bonds is 7. The van der Waals surface area contributed by atoms with Gasteiger partial charge in [-0.25, -0.2) is 0 Å². The van der Waals surface area contributed by atoms with Gasteiger partial charge in [0.1, 0.15) is 0 Å². The molecule has 0 fully saturated rings. The van der Waals surface area contributed by atoms with Gasteiger partial charge in [0.25, 0.3) is 0 Å². The number of nitrogens with zero attached hydrogens (tertiary/aromatic N) is 2. The van der Waals surface area contributed by atoms with E-state index >= 15 is 0 Å². The highest BCUT2D eigenvalue weighted by Gasteiger charge is 2.14. The van der Waals surface area contributed by atoms with Gasteiger partial charge in [0.05, 0.1) is 11.4 Å². The Balaban J connectivity index is 2.73. The number of aryl methyl sites for hydroxylation is 2. The SMILES string of the molecule is CCNC(CCCC(C)C)c1cc(C)nnc1C. The van der Waals surface area contributed by atoms with E-state index in [0.29, 0.717) is 6.04 Å². The standard InChI is InChI=1S/C15H27N3/c1-6-16-15(9-7-8-11(2)3)14-10-12(4)17-18-13(14)5/h10-11,15-16H,6-9H2,1-5H3. The van der Waals surface area contributed by atoms with Crippen LogP contribution in [0, 0.1) is 19.8 Å². The molecule has 1 N–H and O–H groups in total. The fourth-order valence-electron chi connectivity index (χ4n) is 2.27. The molecule has 3 nitrogen and oxygen atoms in total. The Kier molecular flexibility index (Phi) is 6.27. The molecule has 1 unspecified atom stereocenters. The average Bonchev–Trinajstić information content (AvgIpc) is 2.31. The summed E-state index contributed by atoms with van der Waals surface area (Å²) in [5.41, 5.74) is 3.37. The molecule has 0 amide bonds. The predicted molar refractivity (Wildman–Crippen MR) is 76.6 cm³/mol. The molecule has 3 heteroatoms. The van der Waals surface area contributed by atoms with E-state index in [1.165, 1.54) is 24.8 Å². The molecule has 1 atom stereocenters. The van der Waals surface area contributed by atoms with Crippen LogP contribution in [0.4, 0.5) is 0 Å². The van der Waals surface area contributed by atoms with Crippen molar-refractivity contribution in [2.75, 3.05) is 6.54 Å². The van der Waals surface area contributed by atoms with Crippen molar-refractivity contribution in [1.82, 2.24) is 15.5 Å². The highest BCUT2D eigenvalue weighted by molar-refractivity contribution is 5.23. The minimum Gasteiger partial charge on any atom is -0.310 e. The molecule has 0 spiro atoms. The lowest BCUT2D eigenvalue weighted by molar-refractivity contribution is 0.452. The molecule has 0 aromatic carbocycles. The fraction of sp³-hybridized carbons (Fsp3) is 0.733. The monoisotopic (exact) mass is 249 g/mol. The van der Waals surface area contributed by atoms with E-state index in [1.807, 2.05) is 6.92 Å². The smallest absolute Gasteiger partial charge is 0.0648 e. The average molecular weight is 249 g/mol. The van der Waals surface area contributed by atoms with Crippen LogP contribution in [0.25, 0.3) is 0 Å². The van der Waals surface area contributed by atoms with Crippen molar-refractivity contribution in [1.29, 1.82) is 0 Å². The summed E-state index contributed by atoms with van der Waals surface area (Å²) >= 11 is 0. The molecule has 18 heavy (non-hydrogen) atoms. The van der Waals surface area contributed by atoms with Gasteiger partial charge in [0.2, 0.25) is 0 Å². The summed E-state index contributed by atoms with van der Waals surface area (Å²) in [6.45, 7) is 11.8. The molecule has 0 aliphatic rings. The maximum atomic E-state index is 4.23. The van der Waals surface area contributed by atoms with Gasteiger partial charge in [-0.05, 0) is 44.4 Å². The van der Waals surface area contributed by atoms with Gasteiger partial charge in [-0.2, -0.15) is 10.2 Å². The Morgan fingerprint density at radius 2 is 1.89 bits per heavy atom. The third kappa shape index (κ3) is 4.73. The van der Waals surface area contributed by atoms with E-state index in [0.717, 1.165) is 23.9 Å². The molecule has 1 aromatic rings. The molecule has 1 rings (SSSR count). The van der Waals surface area contributed by atoms with Crippen LogP contribution in [0.15, 0.2) is 6.07 Å². The van der Waals surface area contributed by atoms with Crippen LogP contribution < -0.4 is 5.32 Å². The molecular formula is C15H27N3. The van der Waals surface area contributed by atoms with Crippen molar-refractivity contribution in [3.05, 3.63) is 23.0 Å². The number of aromatic nitrogens is 2. The van der Waals surface area contributed by atoms with E-state index < -0.39 is 0 Å². The highest BCUT2D eigenvalue weighted by atomic mass is 15.1. The maximum absolute atomic E-state index is 4.23. The van der Waals surface area contributed by atoms with Gasteiger partial charge in [0.15, 0.2) is 0 Å². The zero-order valence-corrected chi connectivity index (χ0v) is 12.5. The van der Waals surface area contributed by atoms with Gasteiger partial charge < -0.3 is 5.32 Å². The van der Waals surface area contributed by atoms with Crippen LogP contribution in [0.2, 0.25) is 0 Å². The second kappa shape index (κ2) is 7.47. The molecule has 0 radical (unpaired) electrons. The van der Waals surface area contributed by atoms with E-state index in [1.54, 1.807) is 0 Å². The quantitative estimate of drug-likeness (QED) is 0.802. The third-order valence-electron chi connectivity index (χ3n) is 3.24. The van der Waals surface area contributed by atoms with E-state index in [9.17, 15) is 0 Å². The van der Waals surface area contributed by atoms with Crippen molar-refractivity contribution in [3.8, 4) is 0 Å². The van der Waals surface area contributed by atoms with Crippen LogP contribution >= 0.6 is 0 Å². The topological polar surface area (TPSA) is 37.8 Å². The zero-order valence-electron chi connectivity index (χ0n) is 12.5. The maximum Gasteiger partial charge on any atom is 0.0648 e. The van der Waals surface area contributed by atoms with Gasteiger partial charge in [0, 0.05) is 6.04 Å². The Morgan fingerprint density at radius 3 is 2.50 bits per heavy atom. The van der Waals surface area contributed by atoms with Crippen LogP contribution in [0.1, 0.15) is 63.0 Å². The van der Waals surface area contributed by atoms with Crippen molar-refractivity contribution in [3.63, 3.8) is 0 Å². The van der Waals surface area contributed by atoms with Crippen molar-refractivity contribution < 1.29 is 0 Å². The van der Waals surface area contributed by atoms with Crippen molar-refractivity contribution in [2.45, 2.75) is 59.9 Å². The van der Waals surface area contributed by atoms with E-state index in [2.05, 4.69) is 49.3 Å². The lowest BCUT2D eigenvalue weighted by Gasteiger charge is -2.20. The summed E-state index contributed by atoms with van der Waals surface area (Å²) in [5, 5.41) is 11.9. The molecule has 0 bridgehead atoms. The summed E-state index contributed by atoms with van der Waals surface area (Å²) in [6, 6.07) is 2.59. The molecule has 102 valence electrons. The lowest BCUT2D eigenvalue weighted by Crippen LogP contribution is -2.22. The minimum absolute atomic E-state index is 0.419. The van der Waals surface area contributed by atoms with Crippen molar-refractivity contribution in [2.24, 2.45) is 5.92 Å². The van der Waals surface area contributed by atoms with Gasteiger partial charge in [-0.1, -0.05) is 33.6 Å². The first-order valence-corrected chi connectivity index (χ1v) is 7.08. The Morgan fingerprint density at radius 1 is 1.17 bits per heavy atom. The van der Waals surface area contributed by atoms with Gasteiger partial charge in [-0.15, -0.1) is 0 Å². The predicted octanol–water partition coefficient (Wildman–Crippen LogP) is 3.57. The summed E-state index contributed by atoms with van der Waals surface area (Å²) in [6.07, 6.45) is 3.73. The second-order valence-electron chi connectivity index (χ2n) is 5.46. The number of nitrogens with one attached hydrogen (secondary N) is 1. The number of hydrogen-bond acceptors (Lipinski definition) is 3. The minimum atomic E-state index is 0.419. The summed E-state index contributed by atoms with van der Waals surface area (Å²) in [4.78, 5) is 0. The molecule has 1 heterocycles. The first-order valence-electron chi connectivity index (χ1n) is 7.08. The van der Waals surface area contributed by atoms with Crippen LogP contribution in [0.3, 0.4) is 0 Å².